The Morgan fingerprint density at radius 3 is 2.71 bits per heavy atom. The minimum atomic E-state index is 1.04. The van der Waals surface area contributed by atoms with Crippen LogP contribution in [0.15, 0.2) is 18.3 Å². The molecule has 0 aliphatic rings. The van der Waals surface area contributed by atoms with Crippen LogP contribution in [-0.2, 0) is 13.5 Å². The number of nitrogens with one attached hydrogen (secondary N) is 1. The van der Waals surface area contributed by atoms with Crippen LogP contribution in [0.2, 0.25) is 0 Å². The van der Waals surface area contributed by atoms with Crippen molar-refractivity contribution in [2.45, 2.75) is 27.2 Å². The third-order valence-corrected chi connectivity index (χ3v) is 3.31. The van der Waals surface area contributed by atoms with E-state index in [0.717, 1.165) is 19.5 Å². The van der Waals surface area contributed by atoms with Crippen LogP contribution in [-0.4, -0.2) is 17.7 Å². The number of aryl methyl sites for hydroxylation is 3. The fourth-order valence-electron chi connectivity index (χ4n) is 2.64. The van der Waals surface area contributed by atoms with Crippen LogP contribution in [0.25, 0.3) is 10.9 Å². The second-order valence-corrected chi connectivity index (χ2v) is 4.85. The zero-order valence-corrected chi connectivity index (χ0v) is 11.3. The molecule has 92 valence electrons. The molecule has 2 rings (SSSR count). The Morgan fingerprint density at radius 1 is 1.24 bits per heavy atom. The molecule has 0 saturated carbocycles. The van der Waals surface area contributed by atoms with Gasteiger partial charge in [-0.2, -0.15) is 0 Å². The average Bonchev–Trinajstić information content (AvgIpc) is 2.56. The highest BCUT2D eigenvalue weighted by Gasteiger charge is 2.08. The van der Waals surface area contributed by atoms with Gasteiger partial charge in [0.1, 0.15) is 0 Å². The van der Waals surface area contributed by atoms with Gasteiger partial charge in [0.15, 0.2) is 0 Å². The summed E-state index contributed by atoms with van der Waals surface area (Å²) in [6, 6.07) is 4.57. The number of likely N-dealkylation sites (N-methyl/N-ethyl adjacent to an activating group) is 1. The summed E-state index contributed by atoms with van der Waals surface area (Å²) in [6.45, 7) is 8.62. The predicted molar refractivity (Wildman–Crippen MR) is 74.6 cm³/mol. The Kier molecular flexibility index (Phi) is 3.53. The summed E-state index contributed by atoms with van der Waals surface area (Å²) < 4.78 is 2.26. The van der Waals surface area contributed by atoms with Gasteiger partial charge >= 0.3 is 0 Å². The zero-order chi connectivity index (χ0) is 12.4. The lowest BCUT2D eigenvalue weighted by Gasteiger charge is -2.04. The molecule has 2 heteroatoms. The highest BCUT2D eigenvalue weighted by molar-refractivity contribution is 5.87. The molecule has 17 heavy (non-hydrogen) atoms. The van der Waals surface area contributed by atoms with E-state index in [9.17, 15) is 0 Å². The van der Waals surface area contributed by atoms with Crippen LogP contribution in [0, 0.1) is 13.8 Å². The van der Waals surface area contributed by atoms with Gasteiger partial charge in [0.2, 0.25) is 0 Å². The van der Waals surface area contributed by atoms with Crippen molar-refractivity contribution in [2.24, 2.45) is 7.05 Å². The summed E-state index contributed by atoms with van der Waals surface area (Å²) in [5.74, 6) is 0. The molecule has 1 aromatic carbocycles. The van der Waals surface area contributed by atoms with E-state index in [-0.39, 0.29) is 0 Å². The Morgan fingerprint density at radius 2 is 2.00 bits per heavy atom. The van der Waals surface area contributed by atoms with Crippen molar-refractivity contribution in [2.75, 3.05) is 13.1 Å². The van der Waals surface area contributed by atoms with Gasteiger partial charge in [-0.15, -0.1) is 0 Å². The monoisotopic (exact) mass is 230 g/mol. The largest absolute Gasteiger partial charge is 0.350 e. The number of hydrogen-bond donors (Lipinski definition) is 1. The lowest BCUT2D eigenvalue weighted by Crippen LogP contribution is -2.15. The fraction of sp³-hybridized carbons (Fsp3) is 0.467. The molecule has 0 aliphatic carbocycles. The molecule has 0 amide bonds. The summed E-state index contributed by atoms with van der Waals surface area (Å²) >= 11 is 0. The number of aromatic nitrogens is 1. The van der Waals surface area contributed by atoms with Gasteiger partial charge in [-0.3, -0.25) is 0 Å². The standard InChI is InChI=1S/C15H22N2/c1-5-16-7-6-13-10-17(4)15-12(3)8-11(2)9-14(13)15/h8-10,16H,5-7H2,1-4H3. The maximum absolute atomic E-state index is 3.39. The van der Waals surface area contributed by atoms with Crippen LogP contribution in [0.1, 0.15) is 23.6 Å². The maximum Gasteiger partial charge on any atom is 0.0510 e. The summed E-state index contributed by atoms with van der Waals surface area (Å²) in [5, 5.41) is 4.81. The SMILES string of the molecule is CCNCCc1cn(C)c2c(C)cc(C)cc12. The second kappa shape index (κ2) is 4.92. The van der Waals surface area contributed by atoms with Gasteiger partial charge < -0.3 is 9.88 Å². The summed E-state index contributed by atoms with van der Waals surface area (Å²) in [6.07, 6.45) is 3.38. The predicted octanol–water partition coefficient (Wildman–Crippen LogP) is 2.95. The third-order valence-electron chi connectivity index (χ3n) is 3.31. The van der Waals surface area contributed by atoms with Gasteiger partial charge in [-0.25, -0.2) is 0 Å². The van der Waals surface area contributed by atoms with E-state index in [2.05, 4.69) is 56.0 Å². The van der Waals surface area contributed by atoms with E-state index in [1.165, 1.54) is 27.6 Å². The highest BCUT2D eigenvalue weighted by Crippen LogP contribution is 2.25. The Labute approximate surface area is 104 Å². The van der Waals surface area contributed by atoms with E-state index >= 15 is 0 Å². The highest BCUT2D eigenvalue weighted by atomic mass is 14.9. The molecule has 1 N–H and O–H groups in total. The molecule has 2 aromatic rings. The van der Waals surface area contributed by atoms with Gasteiger partial charge in [-0.05, 0) is 50.6 Å². The van der Waals surface area contributed by atoms with E-state index in [1.807, 2.05) is 0 Å². The lowest BCUT2D eigenvalue weighted by molar-refractivity contribution is 0.717. The molecule has 1 heterocycles. The minimum absolute atomic E-state index is 1.04. The third kappa shape index (κ3) is 2.37. The first-order chi connectivity index (χ1) is 8.13. The minimum Gasteiger partial charge on any atom is -0.350 e. The molecule has 0 aliphatic heterocycles. The van der Waals surface area contributed by atoms with Crippen molar-refractivity contribution in [3.05, 3.63) is 35.0 Å². The summed E-state index contributed by atoms with van der Waals surface area (Å²) in [4.78, 5) is 0. The molecule has 0 bridgehead atoms. The topological polar surface area (TPSA) is 17.0 Å². The summed E-state index contributed by atoms with van der Waals surface area (Å²) in [7, 11) is 2.14. The molecule has 0 radical (unpaired) electrons. The number of rotatable bonds is 4. The van der Waals surface area contributed by atoms with Gasteiger partial charge in [-0.1, -0.05) is 18.6 Å². The number of fused-ring (bicyclic) bond motifs is 1. The van der Waals surface area contributed by atoms with Crippen molar-refractivity contribution in [3.8, 4) is 0 Å². The number of benzene rings is 1. The smallest absolute Gasteiger partial charge is 0.0510 e. The van der Waals surface area contributed by atoms with Crippen molar-refractivity contribution < 1.29 is 0 Å². The van der Waals surface area contributed by atoms with Gasteiger partial charge in [0.25, 0.3) is 0 Å². The van der Waals surface area contributed by atoms with E-state index in [1.54, 1.807) is 0 Å². The van der Waals surface area contributed by atoms with E-state index in [4.69, 9.17) is 0 Å². The van der Waals surface area contributed by atoms with E-state index < -0.39 is 0 Å². The molecule has 0 fully saturated rings. The normalized spacial score (nSPS) is 11.3. The average molecular weight is 230 g/mol. The summed E-state index contributed by atoms with van der Waals surface area (Å²) in [5.41, 5.74) is 5.56. The molecule has 1 aromatic heterocycles. The van der Waals surface area contributed by atoms with Gasteiger partial charge in [0, 0.05) is 18.6 Å². The van der Waals surface area contributed by atoms with Crippen molar-refractivity contribution >= 4 is 10.9 Å². The quantitative estimate of drug-likeness (QED) is 0.799. The Hall–Kier alpha value is -1.28. The molecule has 2 nitrogen and oxygen atoms in total. The Bertz CT molecular complexity index is 523. The van der Waals surface area contributed by atoms with E-state index in [0.29, 0.717) is 0 Å². The maximum atomic E-state index is 3.39. The van der Waals surface area contributed by atoms with Crippen molar-refractivity contribution in [3.63, 3.8) is 0 Å². The van der Waals surface area contributed by atoms with Crippen LogP contribution < -0.4 is 5.32 Å². The van der Waals surface area contributed by atoms with Gasteiger partial charge in [0.05, 0.1) is 5.52 Å². The first-order valence-corrected chi connectivity index (χ1v) is 6.39. The fourth-order valence-corrected chi connectivity index (χ4v) is 2.64. The first kappa shape index (κ1) is 12.2. The Balaban J connectivity index is 2.43. The van der Waals surface area contributed by atoms with Crippen molar-refractivity contribution in [1.82, 2.24) is 9.88 Å². The van der Waals surface area contributed by atoms with Crippen LogP contribution in [0.3, 0.4) is 0 Å². The molecule has 0 spiro atoms. The van der Waals surface area contributed by atoms with Crippen LogP contribution in [0.5, 0.6) is 0 Å². The van der Waals surface area contributed by atoms with Crippen LogP contribution >= 0.6 is 0 Å². The first-order valence-electron chi connectivity index (χ1n) is 6.39. The lowest BCUT2D eigenvalue weighted by atomic mass is 10.0. The number of hydrogen-bond acceptors (Lipinski definition) is 1. The molecular formula is C15H22N2. The van der Waals surface area contributed by atoms with Crippen LogP contribution in [0.4, 0.5) is 0 Å². The second-order valence-electron chi connectivity index (χ2n) is 4.85. The number of nitrogens with zero attached hydrogens (tertiary/aromatic N) is 1. The van der Waals surface area contributed by atoms with Crippen molar-refractivity contribution in [1.29, 1.82) is 0 Å². The molecule has 0 unspecified atom stereocenters. The molecular weight excluding hydrogens is 208 g/mol. The zero-order valence-electron chi connectivity index (χ0n) is 11.3. The molecule has 0 saturated heterocycles. The molecule has 0 atom stereocenters.